The van der Waals surface area contributed by atoms with Crippen LogP contribution in [0.3, 0.4) is 0 Å². The first-order chi connectivity index (χ1) is 10.2. The highest BCUT2D eigenvalue weighted by molar-refractivity contribution is 9.09. The molecule has 21 heavy (non-hydrogen) atoms. The van der Waals surface area contributed by atoms with E-state index < -0.39 is 0 Å². The highest BCUT2D eigenvalue weighted by Crippen LogP contribution is 2.18. The van der Waals surface area contributed by atoms with E-state index in [1.54, 1.807) is 0 Å². The highest BCUT2D eigenvalue weighted by Gasteiger charge is 2.25. The van der Waals surface area contributed by atoms with Gasteiger partial charge >= 0.3 is 0 Å². The summed E-state index contributed by atoms with van der Waals surface area (Å²) in [5, 5.41) is 1.17. The van der Waals surface area contributed by atoms with Crippen molar-refractivity contribution in [2.75, 3.05) is 31.5 Å². The molecule has 0 aliphatic heterocycles. The van der Waals surface area contributed by atoms with Crippen molar-refractivity contribution in [3.8, 4) is 0 Å². The Morgan fingerprint density at radius 3 is 1.48 bits per heavy atom. The molecule has 0 aliphatic carbocycles. The highest BCUT2D eigenvalue weighted by atomic mass is 79.9. The van der Waals surface area contributed by atoms with Gasteiger partial charge in [-0.25, -0.2) is 0 Å². The molecule has 0 aliphatic rings. The van der Waals surface area contributed by atoms with E-state index in [0.29, 0.717) is 0 Å². The Morgan fingerprint density at radius 2 is 0.952 bits per heavy atom. The standard InChI is InChI=1S/C19H41BrN/c1-4-7-10-13-18-21(16-9-6-3,17-12-8-5-2)19-14-11-15-20/h4-19H2,1-3H3/q+1. The van der Waals surface area contributed by atoms with Gasteiger partial charge in [-0.3, -0.25) is 0 Å². The Labute approximate surface area is 143 Å². The summed E-state index contributed by atoms with van der Waals surface area (Å²) in [4.78, 5) is 0. The third-order valence-electron chi connectivity index (χ3n) is 4.72. The van der Waals surface area contributed by atoms with E-state index in [-0.39, 0.29) is 0 Å². The maximum absolute atomic E-state index is 3.60. The fourth-order valence-corrected chi connectivity index (χ4v) is 3.67. The summed E-state index contributed by atoms with van der Waals surface area (Å²) in [6, 6.07) is 0. The summed E-state index contributed by atoms with van der Waals surface area (Å²) >= 11 is 3.60. The molecule has 0 amide bonds. The molecule has 1 atom stereocenters. The SMILES string of the molecule is CCCCCC[N+](CCCC)(CCCCC)CCCCBr. The summed E-state index contributed by atoms with van der Waals surface area (Å²) in [5.41, 5.74) is 0. The molecule has 128 valence electrons. The second-order valence-corrected chi connectivity index (χ2v) is 7.55. The number of hydrogen-bond acceptors (Lipinski definition) is 0. The summed E-state index contributed by atoms with van der Waals surface area (Å²) in [7, 11) is 0. The normalized spacial score (nSPS) is 14.3. The van der Waals surface area contributed by atoms with Crippen LogP contribution >= 0.6 is 15.9 Å². The van der Waals surface area contributed by atoms with Crippen LogP contribution in [0.2, 0.25) is 0 Å². The first kappa shape index (κ1) is 21.4. The monoisotopic (exact) mass is 362 g/mol. The second-order valence-electron chi connectivity index (χ2n) is 6.75. The maximum Gasteiger partial charge on any atom is 0.0786 e. The zero-order valence-corrected chi connectivity index (χ0v) is 16.7. The van der Waals surface area contributed by atoms with Gasteiger partial charge in [-0.2, -0.15) is 0 Å². The lowest BCUT2D eigenvalue weighted by Crippen LogP contribution is -2.50. The van der Waals surface area contributed by atoms with Gasteiger partial charge in [-0.1, -0.05) is 62.4 Å². The minimum Gasteiger partial charge on any atom is -0.324 e. The van der Waals surface area contributed by atoms with Crippen molar-refractivity contribution in [3.05, 3.63) is 0 Å². The summed E-state index contributed by atoms with van der Waals surface area (Å²) in [5.74, 6) is 0. The van der Waals surface area contributed by atoms with E-state index in [4.69, 9.17) is 0 Å². The molecule has 0 N–H and O–H groups in total. The van der Waals surface area contributed by atoms with E-state index >= 15 is 0 Å². The van der Waals surface area contributed by atoms with E-state index in [1.165, 1.54) is 107 Å². The molecule has 0 rings (SSSR count). The molecule has 0 aromatic heterocycles. The molecule has 0 spiro atoms. The van der Waals surface area contributed by atoms with Gasteiger partial charge in [0.05, 0.1) is 26.2 Å². The lowest BCUT2D eigenvalue weighted by molar-refractivity contribution is -0.929. The van der Waals surface area contributed by atoms with Gasteiger partial charge in [0.15, 0.2) is 0 Å². The number of quaternary nitrogens is 1. The minimum absolute atomic E-state index is 1.17. The van der Waals surface area contributed by atoms with Crippen LogP contribution in [0.15, 0.2) is 0 Å². The zero-order chi connectivity index (χ0) is 15.8. The van der Waals surface area contributed by atoms with E-state index in [1.807, 2.05) is 0 Å². The number of nitrogens with zero attached hydrogens (tertiary/aromatic N) is 1. The zero-order valence-electron chi connectivity index (χ0n) is 15.1. The van der Waals surface area contributed by atoms with Crippen LogP contribution in [0.4, 0.5) is 0 Å². The third-order valence-corrected chi connectivity index (χ3v) is 5.28. The van der Waals surface area contributed by atoms with E-state index in [2.05, 4.69) is 36.7 Å². The van der Waals surface area contributed by atoms with Crippen LogP contribution in [0.1, 0.15) is 91.4 Å². The number of halogens is 1. The molecule has 0 saturated carbocycles. The Balaban J connectivity index is 4.48. The summed E-state index contributed by atoms with van der Waals surface area (Å²) in [6.07, 6.45) is 15.4. The Hall–Kier alpha value is 0.440. The summed E-state index contributed by atoms with van der Waals surface area (Å²) in [6.45, 7) is 12.7. The topological polar surface area (TPSA) is 0 Å². The largest absolute Gasteiger partial charge is 0.324 e. The van der Waals surface area contributed by atoms with E-state index in [0.717, 1.165) is 0 Å². The van der Waals surface area contributed by atoms with Gasteiger partial charge in [0.25, 0.3) is 0 Å². The predicted molar refractivity (Wildman–Crippen MR) is 101 cm³/mol. The number of rotatable bonds is 16. The van der Waals surface area contributed by atoms with Crippen molar-refractivity contribution in [1.82, 2.24) is 0 Å². The van der Waals surface area contributed by atoms with Crippen LogP contribution < -0.4 is 0 Å². The first-order valence-corrected chi connectivity index (χ1v) is 10.8. The van der Waals surface area contributed by atoms with Gasteiger partial charge < -0.3 is 4.48 Å². The maximum atomic E-state index is 3.60. The van der Waals surface area contributed by atoms with Crippen molar-refractivity contribution >= 4 is 15.9 Å². The molecule has 2 heteroatoms. The average molecular weight is 363 g/mol. The van der Waals surface area contributed by atoms with Crippen molar-refractivity contribution in [1.29, 1.82) is 0 Å². The lowest BCUT2D eigenvalue weighted by atomic mass is 10.1. The quantitative estimate of drug-likeness (QED) is 0.166. The number of unbranched alkanes of at least 4 members (excludes halogenated alkanes) is 7. The molecule has 1 unspecified atom stereocenters. The van der Waals surface area contributed by atoms with Crippen LogP contribution in [-0.2, 0) is 0 Å². The van der Waals surface area contributed by atoms with Gasteiger partial charge in [0.2, 0.25) is 0 Å². The van der Waals surface area contributed by atoms with Gasteiger partial charge in [-0.15, -0.1) is 0 Å². The van der Waals surface area contributed by atoms with Gasteiger partial charge in [0, 0.05) is 5.33 Å². The Bertz CT molecular complexity index is 196. The molecule has 0 aromatic rings. The van der Waals surface area contributed by atoms with Gasteiger partial charge in [-0.05, 0) is 44.9 Å². The average Bonchev–Trinajstić information content (AvgIpc) is 2.50. The van der Waals surface area contributed by atoms with Crippen LogP contribution in [0.5, 0.6) is 0 Å². The molecular weight excluding hydrogens is 322 g/mol. The van der Waals surface area contributed by atoms with Crippen molar-refractivity contribution in [3.63, 3.8) is 0 Å². The van der Waals surface area contributed by atoms with Gasteiger partial charge in [0.1, 0.15) is 0 Å². The predicted octanol–water partition coefficient (Wildman–Crippen LogP) is 6.55. The van der Waals surface area contributed by atoms with Crippen LogP contribution in [-0.4, -0.2) is 36.0 Å². The molecule has 0 heterocycles. The number of alkyl halides is 1. The van der Waals surface area contributed by atoms with E-state index in [9.17, 15) is 0 Å². The second kappa shape index (κ2) is 15.3. The molecular formula is C19H41BrN+. The summed E-state index contributed by atoms with van der Waals surface area (Å²) < 4.78 is 1.42. The molecule has 0 radical (unpaired) electrons. The smallest absolute Gasteiger partial charge is 0.0786 e. The minimum atomic E-state index is 1.17. The Morgan fingerprint density at radius 1 is 0.524 bits per heavy atom. The Kier molecular flexibility index (Phi) is 15.7. The van der Waals surface area contributed by atoms with Crippen molar-refractivity contribution in [2.24, 2.45) is 0 Å². The van der Waals surface area contributed by atoms with Crippen LogP contribution in [0.25, 0.3) is 0 Å². The number of hydrogen-bond donors (Lipinski definition) is 0. The lowest BCUT2D eigenvalue weighted by Gasteiger charge is -2.39. The first-order valence-electron chi connectivity index (χ1n) is 9.65. The molecule has 1 nitrogen and oxygen atoms in total. The fraction of sp³-hybridized carbons (Fsp3) is 1.00. The third kappa shape index (κ3) is 11.6. The van der Waals surface area contributed by atoms with Crippen LogP contribution in [0, 0.1) is 0 Å². The van der Waals surface area contributed by atoms with Crippen molar-refractivity contribution < 1.29 is 4.48 Å². The molecule has 0 aromatic carbocycles. The van der Waals surface area contributed by atoms with Crippen molar-refractivity contribution in [2.45, 2.75) is 91.4 Å². The molecule has 0 fully saturated rings. The fourth-order valence-electron chi connectivity index (χ4n) is 3.28. The molecule has 0 bridgehead atoms. The molecule has 0 saturated heterocycles.